The molecule has 2 aromatic rings. The predicted molar refractivity (Wildman–Crippen MR) is 84.2 cm³/mol. The Labute approximate surface area is 135 Å². The molecule has 0 bridgehead atoms. The molecule has 106 valence electrons. The molecule has 20 heavy (non-hydrogen) atoms. The van der Waals surface area contributed by atoms with E-state index in [1.54, 1.807) is 6.07 Å². The second kappa shape index (κ2) is 6.79. The monoisotopic (exact) mass is 376 g/mol. The molecule has 2 rings (SSSR count). The molecule has 0 aliphatic rings. The Bertz CT molecular complexity index is 632. The zero-order chi connectivity index (χ0) is 14.7. The molecule has 1 nitrogen and oxygen atoms in total. The molecule has 0 heterocycles. The summed E-state index contributed by atoms with van der Waals surface area (Å²) in [4.78, 5) is 0. The van der Waals surface area contributed by atoms with Crippen molar-refractivity contribution >= 4 is 39.1 Å². The van der Waals surface area contributed by atoms with Gasteiger partial charge in [-0.1, -0.05) is 27.5 Å². The lowest BCUT2D eigenvalue weighted by atomic mass is 10.1. The molecule has 0 unspecified atom stereocenters. The third-order valence-corrected chi connectivity index (χ3v) is 3.82. The summed E-state index contributed by atoms with van der Waals surface area (Å²) in [5.74, 6) is 0.673. The molecule has 0 fully saturated rings. The van der Waals surface area contributed by atoms with E-state index in [9.17, 15) is 4.39 Å². The van der Waals surface area contributed by atoms with E-state index in [1.807, 2.05) is 19.1 Å². The molecule has 0 amide bonds. The SMILES string of the molecule is Cc1cc(Br)cc(CCl)c1OCc1cc(Cl)ccc1F. The first-order valence-electron chi connectivity index (χ1n) is 5.93. The quantitative estimate of drug-likeness (QED) is 0.605. The summed E-state index contributed by atoms with van der Waals surface area (Å²) in [7, 11) is 0. The van der Waals surface area contributed by atoms with Crippen LogP contribution >= 0.6 is 39.1 Å². The van der Waals surface area contributed by atoms with Gasteiger partial charge < -0.3 is 4.74 Å². The van der Waals surface area contributed by atoms with Gasteiger partial charge in [0.1, 0.15) is 18.2 Å². The number of rotatable bonds is 4. The Morgan fingerprint density at radius 2 is 1.95 bits per heavy atom. The van der Waals surface area contributed by atoms with Crippen LogP contribution in [0.1, 0.15) is 16.7 Å². The number of hydrogen-bond donors (Lipinski definition) is 0. The zero-order valence-corrected chi connectivity index (χ0v) is 13.8. The van der Waals surface area contributed by atoms with Crippen molar-refractivity contribution in [2.45, 2.75) is 19.4 Å². The number of aryl methyl sites for hydroxylation is 1. The van der Waals surface area contributed by atoms with Crippen LogP contribution in [0.3, 0.4) is 0 Å². The van der Waals surface area contributed by atoms with Crippen LogP contribution in [-0.2, 0) is 12.5 Å². The molecule has 0 aromatic heterocycles. The topological polar surface area (TPSA) is 9.23 Å². The van der Waals surface area contributed by atoms with E-state index in [0.29, 0.717) is 22.2 Å². The van der Waals surface area contributed by atoms with Crippen LogP contribution in [0.5, 0.6) is 5.75 Å². The molecule has 0 radical (unpaired) electrons. The van der Waals surface area contributed by atoms with Crippen LogP contribution < -0.4 is 4.74 Å². The van der Waals surface area contributed by atoms with Crippen molar-refractivity contribution in [2.24, 2.45) is 0 Å². The molecule has 0 atom stereocenters. The van der Waals surface area contributed by atoms with E-state index >= 15 is 0 Å². The first-order valence-corrected chi connectivity index (χ1v) is 7.63. The highest BCUT2D eigenvalue weighted by molar-refractivity contribution is 9.10. The van der Waals surface area contributed by atoms with Gasteiger partial charge in [0.2, 0.25) is 0 Å². The molecule has 0 aliphatic heterocycles. The minimum Gasteiger partial charge on any atom is -0.488 e. The lowest BCUT2D eigenvalue weighted by molar-refractivity contribution is 0.295. The van der Waals surface area contributed by atoms with Gasteiger partial charge in [-0.05, 0) is 42.8 Å². The van der Waals surface area contributed by atoms with Gasteiger partial charge in [0, 0.05) is 20.6 Å². The predicted octanol–water partition coefficient (Wildman–Crippen LogP) is 5.87. The van der Waals surface area contributed by atoms with Gasteiger partial charge in [0.15, 0.2) is 0 Å². The van der Waals surface area contributed by atoms with Crippen molar-refractivity contribution < 1.29 is 9.13 Å². The van der Waals surface area contributed by atoms with E-state index in [-0.39, 0.29) is 12.4 Å². The lowest BCUT2D eigenvalue weighted by Gasteiger charge is -2.14. The number of ether oxygens (including phenoxy) is 1. The minimum absolute atomic E-state index is 0.110. The minimum atomic E-state index is -0.336. The van der Waals surface area contributed by atoms with Crippen molar-refractivity contribution in [2.75, 3.05) is 0 Å². The standard InChI is InChI=1S/C15H12BrCl2FO/c1-9-4-12(16)5-10(7-17)15(9)20-8-11-6-13(18)2-3-14(11)19/h2-6H,7-8H2,1H3. The smallest absolute Gasteiger partial charge is 0.129 e. The van der Waals surface area contributed by atoms with Gasteiger partial charge in [-0.3, -0.25) is 0 Å². The molecule has 2 aromatic carbocycles. The van der Waals surface area contributed by atoms with Crippen LogP contribution in [0.4, 0.5) is 4.39 Å². The Kier molecular flexibility index (Phi) is 5.30. The van der Waals surface area contributed by atoms with Crippen LogP contribution in [0, 0.1) is 12.7 Å². The number of hydrogen-bond acceptors (Lipinski definition) is 1. The highest BCUT2D eigenvalue weighted by Gasteiger charge is 2.10. The van der Waals surface area contributed by atoms with Gasteiger partial charge in [0.25, 0.3) is 0 Å². The zero-order valence-electron chi connectivity index (χ0n) is 10.7. The highest BCUT2D eigenvalue weighted by atomic mass is 79.9. The van der Waals surface area contributed by atoms with Gasteiger partial charge in [-0.15, -0.1) is 11.6 Å². The molecule has 0 saturated carbocycles. The van der Waals surface area contributed by atoms with Gasteiger partial charge in [0.05, 0.1) is 5.88 Å². The van der Waals surface area contributed by atoms with Gasteiger partial charge in [-0.2, -0.15) is 0 Å². The Morgan fingerprint density at radius 3 is 2.65 bits per heavy atom. The third kappa shape index (κ3) is 3.66. The van der Waals surface area contributed by atoms with Crippen LogP contribution in [0.15, 0.2) is 34.8 Å². The maximum Gasteiger partial charge on any atom is 0.129 e. The average Bonchev–Trinajstić information content (AvgIpc) is 2.40. The van der Waals surface area contributed by atoms with E-state index in [4.69, 9.17) is 27.9 Å². The average molecular weight is 378 g/mol. The molecule has 0 N–H and O–H groups in total. The van der Waals surface area contributed by atoms with Crippen LogP contribution in [0.2, 0.25) is 5.02 Å². The maximum atomic E-state index is 13.6. The summed E-state index contributed by atoms with van der Waals surface area (Å²) in [5, 5.41) is 0.482. The lowest BCUT2D eigenvalue weighted by Crippen LogP contribution is -2.02. The van der Waals surface area contributed by atoms with E-state index < -0.39 is 0 Å². The van der Waals surface area contributed by atoms with E-state index in [2.05, 4.69) is 15.9 Å². The fourth-order valence-electron chi connectivity index (χ4n) is 1.91. The van der Waals surface area contributed by atoms with Crippen LogP contribution in [0.25, 0.3) is 0 Å². The second-order valence-corrected chi connectivity index (χ2v) is 5.99. The second-order valence-electron chi connectivity index (χ2n) is 4.37. The summed E-state index contributed by atoms with van der Waals surface area (Å²) in [6.07, 6.45) is 0. The summed E-state index contributed by atoms with van der Waals surface area (Å²) >= 11 is 15.2. The van der Waals surface area contributed by atoms with Crippen molar-refractivity contribution in [3.05, 3.63) is 62.3 Å². The summed E-state index contributed by atoms with van der Waals surface area (Å²) in [6, 6.07) is 8.22. The first-order chi connectivity index (χ1) is 9.51. The molecule has 5 heteroatoms. The molecular formula is C15H12BrCl2FO. The van der Waals surface area contributed by atoms with Gasteiger partial charge >= 0.3 is 0 Å². The van der Waals surface area contributed by atoms with Crippen molar-refractivity contribution in [3.8, 4) is 5.75 Å². The molecular weight excluding hydrogens is 366 g/mol. The molecule has 0 spiro atoms. The molecule has 0 saturated heterocycles. The molecule has 0 aliphatic carbocycles. The first kappa shape index (κ1) is 15.6. The number of halogens is 4. The Balaban J connectivity index is 2.25. The highest BCUT2D eigenvalue weighted by Crippen LogP contribution is 2.30. The summed E-state index contributed by atoms with van der Waals surface area (Å²) in [6.45, 7) is 2.03. The third-order valence-electron chi connectivity index (χ3n) is 2.84. The fraction of sp³-hybridized carbons (Fsp3) is 0.200. The number of benzene rings is 2. The van der Waals surface area contributed by atoms with E-state index in [1.165, 1.54) is 12.1 Å². The fourth-order valence-corrected chi connectivity index (χ4v) is 2.92. The maximum absolute atomic E-state index is 13.6. The van der Waals surface area contributed by atoms with Crippen molar-refractivity contribution in [3.63, 3.8) is 0 Å². The Morgan fingerprint density at radius 1 is 1.20 bits per heavy atom. The summed E-state index contributed by atoms with van der Waals surface area (Å²) < 4.78 is 20.3. The summed E-state index contributed by atoms with van der Waals surface area (Å²) in [5.41, 5.74) is 2.22. The van der Waals surface area contributed by atoms with Crippen molar-refractivity contribution in [1.82, 2.24) is 0 Å². The van der Waals surface area contributed by atoms with Crippen LogP contribution in [-0.4, -0.2) is 0 Å². The Hall–Kier alpha value is -0.770. The largest absolute Gasteiger partial charge is 0.488 e. The van der Waals surface area contributed by atoms with Gasteiger partial charge in [-0.25, -0.2) is 4.39 Å². The number of alkyl halides is 1. The normalized spacial score (nSPS) is 10.7. The van der Waals surface area contributed by atoms with E-state index in [0.717, 1.165) is 15.6 Å². The van der Waals surface area contributed by atoms with Crippen molar-refractivity contribution in [1.29, 1.82) is 0 Å².